The molecule has 0 fully saturated rings. The summed E-state index contributed by atoms with van der Waals surface area (Å²) in [4.78, 5) is 12.3. The van der Waals surface area contributed by atoms with Crippen LogP contribution in [0.25, 0.3) is 0 Å². The van der Waals surface area contributed by atoms with E-state index in [2.05, 4.69) is 25.7 Å². The van der Waals surface area contributed by atoms with Crippen molar-refractivity contribution >= 4 is 34.7 Å². The average molecular weight is 280 g/mol. The third-order valence-electron chi connectivity index (χ3n) is 2.19. The lowest BCUT2D eigenvalue weighted by atomic mass is 10.4. The van der Waals surface area contributed by atoms with Crippen LogP contribution in [0.5, 0.6) is 0 Å². The third-order valence-corrected chi connectivity index (χ3v) is 2.41. The number of nitrogen functional groups attached to an aromatic ring is 1. The summed E-state index contributed by atoms with van der Waals surface area (Å²) in [6.45, 7) is 0. The molecule has 2 heterocycles. The molecule has 0 amide bonds. The Hall–Kier alpha value is -2.12. The second kappa shape index (κ2) is 5.68. The van der Waals surface area contributed by atoms with E-state index in [0.29, 0.717) is 28.2 Å². The number of nitrogens with one attached hydrogen (secondary N) is 2. The van der Waals surface area contributed by atoms with Crippen LogP contribution in [0, 0.1) is 0 Å². The summed E-state index contributed by atoms with van der Waals surface area (Å²) >= 11 is 5.77. The number of nitrogens with two attached hydrogens (primary N) is 1. The van der Waals surface area contributed by atoms with Crippen molar-refractivity contribution in [2.24, 2.45) is 0 Å². The molecule has 0 aliphatic rings. The Morgan fingerprint density at radius 1 is 1.16 bits per heavy atom. The first-order valence-electron chi connectivity index (χ1n) is 5.49. The highest BCUT2D eigenvalue weighted by Crippen LogP contribution is 2.25. The van der Waals surface area contributed by atoms with Crippen molar-refractivity contribution in [3.8, 4) is 0 Å². The Labute approximate surface area is 115 Å². The molecule has 8 heteroatoms. The lowest BCUT2D eigenvalue weighted by molar-refractivity contribution is 0.492. The van der Waals surface area contributed by atoms with E-state index >= 15 is 0 Å². The van der Waals surface area contributed by atoms with Crippen LogP contribution in [-0.4, -0.2) is 34.1 Å². The van der Waals surface area contributed by atoms with Crippen molar-refractivity contribution in [1.82, 2.24) is 20.0 Å². The second-order valence-corrected chi connectivity index (χ2v) is 4.41. The van der Waals surface area contributed by atoms with Crippen LogP contribution in [-0.2, 0) is 0 Å². The van der Waals surface area contributed by atoms with Gasteiger partial charge in [0.2, 0.25) is 0 Å². The maximum absolute atomic E-state index is 5.98. The molecule has 0 saturated carbocycles. The highest BCUT2D eigenvalue weighted by atomic mass is 35.5. The molecule has 4 N–H and O–H groups in total. The highest BCUT2D eigenvalue weighted by Gasteiger charge is 2.09. The van der Waals surface area contributed by atoms with E-state index in [1.165, 1.54) is 6.33 Å². The van der Waals surface area contributed by atoms with E-state index in [0.717, 1.165) is 0 Å². The summed E-state index contributed by atoms with van der Waals surface area (Å²) in [5.41, 5.74) is 9.37. The van der Waals surface area contributed by atoms with Crippen molar-refractivity contribution in [3.05, 3.63) is 29.7 Å². The minimum Gasteiger partial charge on any atom is -0.393 e. The lowest BCUT2D eigenvalue weighted by Crippen LogP contribution is -2.21. The number of halogens is 1. The summed E-state index contributed by atoms with van der Waals surface area (Å²) in [6, 6.07) is 3.47. The molecule has 0 aliphatic heterocycles. The molecule has 0 aliphatic carbocycles. The molecule has 0 bridgehead atoms. The van der Waals surface area contributed by atoms with Crippen LogP contribution in [0.15, 0.2) is 24.7 Å². The van der Waals surface area contributed by atoms with Gasteiger partial charge in [-0.3, -0.25) is 0 Å². The maximum atomic E-state index is 5.98. The number of aromatic nitrogens is 3. The molecule has 0 radical (unpaired) electrons. The van der Waals surface area contributed by atoms with Crippen LogP contribution in [0.3, 0.4) is 0 Å². The fourth-order valence-corrected chi connectivity index (χ4v) is 1.48. The normalized spacial score (nSPS) is 10.5. The second-order valence-electron chi connectivity index (χ2n) is 3.98. The van der Waals surface area contributed by atoms with Gasteiger partial charge in [-0.25, -0.2) is 20.0 Å². The number of pyridine rings is 1. The number of nitrogens with zero attached hydrogens (tertiary/aromatic N) is 4. The summed E-state index contributed by atoms with van der Waals surface area (Å²) in [5.74, 6) is 1.61. The molecule has 19 heavy (non-hydrogen) atoms. The molecule has 2 rings (SSSR count). The number of hydrogen-bond acceptors (Lipinski definition) is 7. The van der Waals surface area contributed by atoms with Gasteiger partial charge in [-0.1, -0.05) is 11.6 Å². The molecule has 2 aromatic heterocycles. The van der Waals surface area contributed by atoms with Gasteiger partial charge in [-0.05, 0) is 12.1 Å². The number of rotatable bonds is 4. The van der Waals surface area contributed by atoms with E-state index in [1.54, 1.807) is 23.3 Å². The van der Waals surface area contributed by atoms with E-state index < -0.39 is 0 Å². The molecular formula is C11H14ClN7. The van der Waals surface area contributed by atoms with Crippen LogP contribution in [0.2, 0.25) is 5.02 Å². The monoisotopic (exact) mass is 279 g/mol. The van der Waals surface area contributed by atoms with Crippen LogP contribution in [0.4, 0.5) is 23.1 Å². The maximum Gasteiger partial charge on any atom is 0.169 e. The minimum absolute atomic E-state index is 0.410. The van der Waals surface area contributed by atoms with Crippen molar-refractivity contribution in [2.45, 2.75) is 0 Å². The zero-order chi connectivity index (χ0) is 13.8. The zero-order valence-corrected chi connectivity index (χ0v) is 11.3. The molecule has 0 saturated heterocycles. The Balaban J connectivity index is 2.23. The SMILES string of the molecule is CN(C)Nc1ncnc(Nc2ccc(Cl)cn2)c1N. The van der Waals surface area contributed by atoms with Gasteiger partial charge in [-0.2, -0.15) is 0 Å². The Morgan fingerprint density at radius 2 is 1.89 bits per heavy atom. The first-order valence-corrected chi connectivity index (χ1v) is 5.87. The van der Waals surface area contributed by atoms with E-state index in [-0.39, 0.29) is 0 Å². The fraction of sp³-hybridized carbons (Fsp3) is 0.182. The van der Waals surface area contributed by atoms with Gasteiger partial charge in [0.1, 0.15) is 17.8 Å². The quantitative estimate of drug-likeness (QED) is 0.734. The summed E-state index contributed by atoms with van der Waals surface area (Å²) < 4.78 is 0. The first-order chi connectivity index (χ1) is 9.06. The predicted octanol–water partition coefficient (Wildman–Crippen LogP) is 1.74. The minimum atomic E-state index is 0.410. The van der Waals surface area contributed by atoms with Gasteiger partial charge in [0.05, 0.1) is 5.02 Å². The number of anilines is 4. The summed E-state index contributed by atoms with van der Waals surface area (Å²) in [7, 11) is 3.69. The summed E-state index contributed by atoms with van der Waals surface area (Å²) in [6.07, 6.45) is 2.96. The van der Waals surface area contributed by atoms with Gasteiger partial charge < -0.3 is 16.5 Å². The van der Waals surface area contributed by atoms with Crippen molar-refractivity contribution < 1.29 is 0 Å². The van der Waals surface area contributed by atoms with E-state index in [1.807, 2.05) is 14.1 Å². The first kappa shape index (κ1) is 13.3. The molecule has 0 atom stereocenters. The largest absolute Gasteiger partial charge is 0.393 e. The van der Waals surface area contributed by atoms with Gasteiger partial charge >= 0.3 is 0 Å². The third kappa shape index (κ3) is 3.43. The Kier molecular flexibility index (Phi) is 3.98. The molecule has 0 aromatic carbocycles. The van der Waals surface area contributed by atoms with Gasteiger partial charge in [0.15, 0.2) is 11.6 Å². The van der Waals surface area contributed by atoms with Crippen molar-refractivity contribution in [3.63, 3.8) is 0 Å². The zero-order valence-electron chi connectivity index (χ0n) is 10.6. The molecule has 0 spiro atoms. The van der Waals surface area contributed by atoms with Crippen LogP contribution in [0.1, 0.15) is 0 Å². The molecule has 7 nitrogen and oxygen atoms in total. The lowest BCUT2D eigenvalue weighted by Gasteiger charge is -2.15. The standard InChI is InChI=1S/C11H14ClN7/c1-19(2)18-11-9(13)10(15-6-16-11)17-8-4-3-7(12)5-14-8/h3-6H,13H2,1-2H3,(H2,14,15,16,17,18). The van der Waals surface area contributed by atoms with Gasteiger partial charge in [-0.15, -0.1) is 0 Å². The van der Waals surface area contributed by atoms with E-state index in [4.69, 9.17) is 17.3 Å². The molecular weight excluding hydrogens is 266 g/mol. The van der Waals surface area contributed by atoms with Gasteiger partial charge in [0.25, 0.3) is 0 Å². The highest BCUT2D eigenvalue weighted by molar-refractivity contribution is 6.30. The summed E-state index contributed by atoms with van der Waals surface area (Å²) in [5, 5.41) is 5.31. The topological polar surface area (TPSA) is 92.0 Å². The smallest absolute Gasteiger partial charge is 0.169 e. The van der Waals surface area contributed by atoms with Crippen molar-refractivity contribution in [2.75, 3.05) is 30.6 Å². The predicted molar refractivity (Wildman–Crippen MR) is 76.3 cm³/mol. The number of hydrazine groups is 1. The van der Waals surface area contributed by atoms with Crippen molar-refractivity contribution in [1.29, 1.82) is 0 Å². The average Bonchev–Trinajstić information content (AvgIpc) is 2.36. The Bertz CT molecular complexity index is 555. The molecule has 2 aromatic rings. The van der Waals surface area contributed by atoms with Crippen LogP contribution >= 0.6 is 11.6 Å². The fourth-order valence-electron chi connectivity index (χ4n) is 1.37. The van der Waals surface area contributed by atoms with E-state index in [9.17, 15) is 0 Å². The number of hydrogen-bond donors (Lipinski definition) is 3. The Morgan fingerprint density at radius 3 is 2.53 bits per heavy atom. The molecule has 0 unspecified atom stereocenters. The van der Waals surface area contributed by atoms with Crippen LogP contribution < -0.4 is 16.5 Å². The molecule has 100 valence electrons. The van der Waals surface area contributed by atoms with Gasteiger partial charge in [0, 0.05) is 20.3 Å².